The highest BCUT2D eigenvalue weighted by Crippen LogP contribution is 2.37. The van der Waals surface area contributed by atoms with Crippen LogP contribution in [0.5, 0.6) is 23.1 Å². The number of ketones is 1. The Hall–Kier alpha value is -4.70. The van der Waals surface area contributed by atoms with E-state index in [-0.39, 0.29) is 28.7 Å². The summed E-state index contributed by atoms with van der Waals surface area (Å²) in [5, 5.41) is 0.872. The van der Waals surface area contributed by atoms with E-state index in [0.29, 0.717) is 58.1 Å². The number of Topliss-reactive ketones (excluding diaryl/α,β-unsaturated/α-hetero) is 1. The molecule has 0 aliphatic carbocycles. The number of halogens is 2. The van der Waals surface area contributed by atoms with Gasteiger partial charge in [-0.05, 0) is 67.3 Å². The van der Waals surface area contributed by atoms with Crippen LogP contribution >= 0.6 is 11.6 Å². The summed E-state index contributed by atoms with van der Waals surface area (Å²) in [4.78, 5) is 35.6. The third kappa shape index (κ3) is 4.98. The predicted octanol–water partition coefficient (Wildman–Crippen LogP) is 5.95. The maximum Gasteiger partial charge on any atom is 0.282 e. The molecular formula is C31H26ClFN4O5. The van der Waals surface area contributed by atoms with Gasteiger partial charge in [-0.2, -0.15) is 0 Å². The summed E-state index contributed by atoms with van der Waals surface area (Å²) in [5.74, 6) is 0.923. The molecule has 0 radical (unpaired) electrons. The zero-order valence-corrected chi connectivity index (χ0v) is 23.7. The van der Waals surface area contributed by atoms with Crippen LogP contribution in [0.4, 0.5) is 4.39 Å². The minimum atomic E-state index is -0.405. The first-order chi connectivity index (χ1) is 20.4. The van der Waals surface area contributed by atoms with Crippen molar-refractivity contribution in [3.63, 3.8) is 0 Å². The second kappa shape index (κ2) is 11.3. The number of hydrogen-bond acceptors (Lipinski definition) is 7. The minimum absolute atomic E-state index is 0.0247. The number of fused-ring (bicyclic) bond motifs is 2. The first-order valence-corrected chi connectivity index (χ1v) is 13.7. The van der Waals surface area contributed by atoms with Crippen LogP contribution in [0.1, 0.15) is 34.5 Å². The van der Waals surface area contributed by atoms with Crippen LogP contribution in [0.15, 0.2) is 65.7 Å². The van der Waals surface area contributed by atoms with E-state index in [2.05, 4.69) is 9.97 Å². The van der Waals surface area contributed by atoms with Gasteiger partial charge in [0.2, 0.25) is 5.88 Å². The molecule has 5 aromatic rings. The third-order valence-corrected chi connectivity index (χ3v) is 7.60. The molecule has 0 atom stereocenters. The summed E-state index contributed by atoms with van der Waals surface area (Å²) in [7, 11) is 3.08. The van der Waals surface area contributed by atoms with Gasteiger partial charge in [-0.1, -0.05) is 17.7 Å². The van der Waals surface area contributed by atoms with Crippen molar-refractivity contribution in [3.05, 3.63) is 98.9 Å². The zero-order valence-electron chi connectivity index (χ0n) is 22.9. The van der Waals surface area contributed by atoms with Crippen LogP contribution in [0.25, 0.3) is 16.6 Å². The van der Waals surface area contributed by atoms with Gasteiger partial charge in [0, 0.05) is 19.0 Å². The fraction of sp³-hybridized carbons (Fsp3) is 0.226. The predicted molar refractivity (Wildman–Crippen MR) is 155 cm³/mol. The molecule has 0 saturated heterocycles. The van der Waals surface area contributed by atoms with Crippen molar-refractivity contribution < 1.29 is 23.4 Å². The quantitative estimate of drug-likeness (QED) is 0.207. The molecule has 0 unspecified atom stereocenters. The number of methoxy groups -OCH3 is 2. The molecule has 42 heavy (non-hydrogen) atoms. The highest BCUT2D eigenvalue weighted by atomic mass is 35.5. The number of rotatable bonds is 8. The summed E-state index contributed by atoms with van der Waals surface area (Å²) in [6, 6.07) is 14.2. The average Bonchev–Trinajstić information content (AvgIpc) is 3.30. The Bertz CT molecular complexity index is 1880. The van der Waals surface area contributed by atoms with E-state index in [9.17, 15) is 14.0 Å². The van der Waals surface area contributed by atoms with Gasteiger partial charge in [-0.15, -0.1) is 0 Å². The third-order valence-electron chi connectivity index (χ3n) is 7.30. The number of ether oxygens (including phenoxy) is 3. The molecule has 214 valence electrons. The lowest BCUT2D eigenvalue weighted by Gasteiger charge is -2.19. The van der Waals surface area contributed by atoms with Crippen LogP contribution in [0, 0.1) is 5.82 Å². The summed E-state index contributed by atoms with van der Waals surface area (Å²) in [5.41, 5.74) is 2.19. The Morgan fingerprint density at radius 3 is 2.48 bits per heavy atom. The van der Waals surface area contributed by atoms with Gasteiger partial charge < -0.3 is 14.2 Å². The number of carbonyl (C=O) groups is 1. The van der Waals surface area contributed by atoms with Crippen LogP contribution in [-0.4, -0.2) is 39.3 Å². The Balaban J connectivity index is 1.28. The Morgan fingerprint density at radius 1 is 0.976 bits per heavy atom. The normalized spacial score (nSPS) is 12.7. The fourth-order valence-corrected chi connectivity index (χ4v) is 5.55. The van der Waals surface area contributed by atoms with Crippen molar-refractivity contribution in [2.45, 2.75) is 32.2 Å². The lowest BCUT2D eigenvalue weighted by atomic mass is 9.99. The molecule has 0 N–H and O–H groups in total. The van der Waals surface area contributed by atoms with Crippen LogP contribution in [0.3, 0.4) is 0 Å². The van der Waals surface area contributed by atoms with Crippen LogP contribution in [0.2, 0.25) is 5.02 Å². The van der Waals surface area contributed by atoms with E-state index in [1.807, 2.05) is 4.68 Å². The SMILES string of the molecule is COc1cc2ncnc(Oc3ccc(CC(=O)c4c5n(n(-c6ccc(F)cc6)c4=O)CCCC5)cc3Cl)c2cc1OC. The lowest BCUT2D eigenvalue weighted by Crippen LogP contribution is -2.24. The molecule has 3 heterocycles. The molecule has 11 heteroatoms. The van der Waals surface area contributed by atoms with Crippen molar-refractivity contribution in [1.82, 2.24) is 19.3 Å². The molecule has 0 saturated carbocycles. The molecule has 0 fully saturated rings. The summed E-state index contributed by atoms with van der Waals surface area (Å²) in [6.07, 6.45) is 3.73. The number of nitrogens with zero attached hydrogens (tertiary/aromatic N) is 4. The molecule has 0 spiro atoms. The van der Waals surface area contributed by atoms with Gasteiger partial charge in [0.15, 0.2) is 17.3 Å². The zero-order chi connectivity index (χ0) is 29.4. The maximum absolute atomic E-state index is 13.6. The van der Waals surface area contributed by atoms with Gasteiger partial charge >= 0.3 is 0 Å². The number of aromatic nitrogens is 4. The van der Waals surface area contributed by atoms with Crippen LogP contribution < -0.4 is 19.8 Å². The topological polar surface area (TPSA) is 97.5 Å². The molecule has 1 aliphatic heterocycles. The van der Waals surface area contributed by atoms with E-state index in [1.165, 1.54) is 30.3 Å². The molecule has 1 aliphatic rings. The highest BCUT2D eigenvalue weighted by Gasteiger charge is 2.27. The summed E-state index contributed by atoms with van der Waals surface area (Å²) >= 11 is 6.58. The maximum atomic E-state index is 13.6. The van der Waals surface area contributed by atoms with Crippen LogP contribution in [-0.2, 0) is 19.4 Å². The lowest BCUT2D eigenvalue weighted by molar-refractivity contribution is 0.0990. The largest absolute Gasteiger partial charge is 0.493 e. The van der Waals surface area contributed by atoms with Gasteiger partial charge in [-0.25, -0.2) is 19.0 Å². The second-order valence-electron chi connectivity index (χ2n) is 9.87. The van der Waals surface area contributed by atoms with E-state index < -0.39 is 11.4 Å². The first kappa shape index (κ1) is 27.5. The Morgan fingerprint density at radius 2 is 1.74 bits per heavy atom. The summed E-state index contributed by atoms with van der Waals surface area (Å²) < 4.78 is 33.7. The number of benzene rings is 3. The molecule has 2 aromatic heterocycles. The standard InChI is InChI=1S/C31H26ClFN4O5/c1-40-27-15-21-23(16-28(27)41-2)34-17-35-30(21)42-26-11-6-18(13-22(26)32)14-25(38)29-24-5-3-4-12-36(24)37(31(29)39)20-9-7-19(33)8-10-20/h6-11,13,15-17H,3-5,12,14H2,1-2H3. The number of hydrogen-bond donors (Lipinski definition) is 0. The van der Waals surface area contributed by atoms with Crippen molar-refractivity contribution in [1.29, 1.82) is 0 Å². The Labute approximate surface area is 245 Å². The first-order valence-electron chi connectivity index (χ1n) is 13.3. The van der Waals surface area contributed by atoms with Crippen molar-refractivity contribution in [3.8, 4) is 28.8 Å². The van der Waals surface area contributed by atoms with Crippen molar-refractivity contribution in [2.24, 2.45) is 0 Å². The second-order valence-corrected chi connectivity index (χ2v) is 10.3. The molecule has 0 amide bonds. The van der Waals surface area contributed by atoms with E-state index >= 15 is 0 Å². The van der Waals surface area contributed by atoms with E-state index in [0.717, 1.165) is 12.8 Å². The smallest absolute Gasteiger partial charge is 0.282 e. The van der Waals surface area contributed by atoms with Gasteiger partial charge in [0.25, 0.3) is 5.56 Å². The van der Waals surface area contributed by atoms with E-state index in [1.54, 1.807) is 49.6 Å². The van der Waals surface area contributed by atoms with Gasteiger partial charge in [0.1, 0.15) is 23.5 Å². The fourth-order valence-electron chi connectivity index (χ4n) is 5.31. The molecule has 0 bridgehead atoms. The minimum Gasteiger partial charge on any atom is -0.493 e. The molecular weight excluding hydrogens is 563 g/mol. The van der Waals surface area contributed by atoms with Crippen molar-refractivity contribution in [2.75, 3.05) is 14.2 Å². The molecule has 6 rings (SSSR count). The van der Waals surface area contributed by atoms with E-state index in [4.69, 9.17) is 25.8 Å². The van der Waals surface area contributed by atoms with Gasteiger partial charge in [0.05, 0.1) is 41.5 Å². The molecule has 3 aromatic carbocycles. The average molecular weight is 589 g/mol. The van der Waals surface area contributed by atoms with Crippen molar-refractivity contribution >= 4 is 28.3 Å². The van der Waals surface area contributed by atoms with Gasteiger partial charge in [-0.3, -0.25) is 14.3 Å². The number of carbonyl (C=O) groups excluding carboxylic acids is 1. The summed E-state index contributed by atoms with van der Waals surface area (Å²) in [6.45, 7) is 0.601. The monoisotopic (exact) mass is 588 g/mol. The molecule has 9 nitrogen and oxygen atoms in total. The highest BCUT2D eigenvalue weighted by molar-refractivity contribution is 6.32. The Kier molecular flexibility index (Phi) is 7.38.